The number of hydrogen-bond donors (Lipinski definition) is 0. The van der Waals surface area contributed by atoms with E-state index in [0.29, 0.717) is 17.5 Å². The highest BCUT2D eigenvalue weighted by Crippen LogP contribution is 2.42. The lowest BCUT2D eigenvalue weighted by molar-refractivity contribution is 1.07. The smallest absolute Gasteiger partial charge is 0.164 e. The van der Waals surface area contributed by atoms with Gasteiger partial charge in [0.15, 0.2) is 17.5 Å². The van der Waals surface area contributed by atoms with Crippen LogP contribution in [0.25, 0.3) is 109 Å². The third kappa shape index (κ3) is 5.04. The molecule has 57 heavy (non-hydrogen) atoms. The number of fused-ring (bicyclic) bond motifs is 9. The molecule has 0 radical (unpaired) electrons. The molecule has 6 heteroatoms. The summed E-state index contributed by atoms with van der Waals surface area (Å²) >= 11 is 1.86. The minimum atomic E-state index is 0.627. The van der Waals surface area contributed by atoms with Gasteiger partial charge in [0, 0.05) is 69.8 Å². The fourth-order valence-electron chi connectivity index (χ4n) is 8.56. The molecule has 0 amide bonds. The molecule has 12 rings (SSSR count). The molecule has 4 heterocycles. The van der Waals surface area contributed by atoms with E-state index < -0.39 is 0 Å². The van der Waals surface area contributed by atoms with Crippen LogP contribution in [0.15, 0.2) is 188 Å². The lowest BCUT2D eigenvalue weighted by Crippen LogP contribution is -2.01. The van der Waals surface area contributed by atoms with Crippen molar-refractivity contribution < 1.29 is 0 Å². The molecule has 0 saturated carbocycles. The van der Waals surface area contributed by atoms with Crippen molar-refractivity contribution in [1.82, 2.24) is 24.1 Å². The Balaban J connectivity index is 1.13. The van der Waals surface area contributed by atoms with Crippen molar-refractivity contribution >= 4 is 75.1 Å². The number of hydrogen-bond acceptors (Lipinski definition) is 4. The molecule has 0 atom stereocenters. The highest BCUT2D eigenvalue weighted by Gasteiger charge is 2.20. The van der Waals surface area contributed by atoms with Crippen LogP contribution in [-0.4, -0.2) is 24.1 Å². The van der Waals surface area contributed by atoms with Gasteiger partial charge in [0.05, 0.1) is 22.1 Å². The average molecular weight is 746 g/mol. The zero-order valence-corrected chi connectivity index (χ0v) is 31.4. The van der Waals surface area contributed by atoms with Crippen LogP contribution in [0.2, 0.25) is 0 Å². The number of benzene rings is 8. The molecule has 12 aromatic rings. The van der Waals surface area contributed by atoms with E-state index in [9.17, 15) is 0 Å². The van der Waals surface area contributed by atoms with Gasteiger partial charge in [0.2, 0.25) is 0 Å². The lowest BCUT2D eigenvalue weighted by atomic mass is 10.1. The summed E-state index contributed by atoms with van der Waals surface area (Å²) in [5, 5.41) is 7.47. The van der Waals surface area contributed by atoms with E-state index in [2.05, 4.69) is 137 Å². The van der Waals surface area contributed by atoms with Crippen molar-refractivity contribution in [3.05, 3.63) is 188 Å². The summed E-state index contributed by atoms with van der Waals surface area (Å²) in [5.41, 5.74) is 9.62. The van der Waals surface area contributed by atoms with E-state index in [4.69, 9.17) is 15.0 Å². The van der Waals surface area contributed by atoms with E-state index in [0.717, 1.165) is 39.1 Å². The maximum absolute atomic E-state index is 5.09. The van der Waals surface area contributed by atoms with E-state index in [1.807, 2.05) is 72.0 Å². The van der Waals surface area contributed by atoms with Crippen molar-refractivity contribution in [2.75, 3.05) is 0 Å². The SMILES string of the molecule is c1ccc(-c2nc(-c3ccccc3)nc(-c3cccc(-n4c5cc(-n6c7ccccc7c7ccccc76)ccc5c5cc6sc7ccccc7c6cc54)c3)n2)cc1. The molecule has 266 valence electrons. The van der Waals surface area contributed by atoms with Crippen LogP contribution in [0.1, 0.15) is 0 Å². The first-order chi connectivity index (χ1) is 28.2. The van der Waals surface area contributed by atoms with Gasteiger partial charge >= 0.3 is 0 Å². The molecule has 4 aromatic heterocycles. The van der Waals surface area contributed by atoms with E-state index in [1.165, 1.54) is 52.8 Å². The second kappa shape index (κ2) is 12.6. The quantitative estimate of drug-likeness (QED) is 0.176. The standard InChI is InChI=1S/C51H31N5S/c1-3-14-32(15-4-1)49-52-50(33-16-5-2-6-17-33)54-51(53-49)34-18-13-19-35(28-34)56-45-29-36(55-43-23-10-7-20-37(43)38-21-8-11-24-44(38)55)26-27-39(45)41-31-48-42(30-46(41)56)40-22-9-12-25-47(40)57-48/h1-31H. The number of aromatic nitrogens is 5. The van der Waals surface area contributed by atoms with Crippen LogP contribution in [0.5, 0.6) is 0 Å². The Morgan fingerprint density at radius 1 is 0.298 bits per heavy atom. The molecule has 0 aliphatic rings. The Morgan fingerprint density at radius 2 is 0.807 bits per heavy atom. The van der Waals surface area contributed by atoms with Gasteiger partial charge in [-0.15, -0.1) is 11.3 Å². The van der Waals surface area contributed by atoms with Gasteiger partial charge in [-0.2, -0.15) is 0 Å². The van der Waals surface area contributed by atoms with Crippen LogP contribution in [0.3, 0.4) is 0 Å². The van der Waals surface area contributed by atoms with Crippen molar-refractivity contribution in [2.45, 2.75) is 0 Å². The lowest BCUT2D eigenvalue weighted by Gasteiger charge is -2.13. The summed E-state index contributed by atoms with van der Waals surface area (Å²) in [6.45, 7) is 0. The zero-order chi connectivity index (χ0) is 37.5. The number of para-hydroxylation sites is 2. The maximum atomic E-state index is 5.09. The van der Waals surface area contributed by atoms with E-state index in [1.54, 1.807) is 0 Å². The molecule has 0 aliphatic carbocycles. The minimum Gasteiger partial charge on any atom is -0.309 e. The second-order valence-corrected chi connectivity index (χ2v) is 15.5. The Bertz CT molecular complexity index is 3410. The van der Waals surface area contributed by atoms with Crippen LogP contribution in [0, 0.1) is 0 Å². The first-order valence-electron chi connectivity index (χ1n) is 19.1. The van der Waals surface area contributed by atoms with Gasteiger partial charge in [-0.05, 0) is 54.6 Å². The van der Waals surface area contributed by atoms with Crippen LogP contribution in [-0.2, 0) is 0 Å². The van der Waals surface area contributed by atoms with Crippen molar-refractivity contribution in [3.63, 3.8) is 0 Å². The van der Waals surface area contributed by atoms with Gasteiger partial charge < -0.3 is 9.13 Å². The normalized spacial score (nSPS) is 11.9. The Labute approximate surface area is 331 Å². The summed E-state index contributed by atoms with van der Waals surface area (Å²) in [5.74, 6) is 1.91. The maximum Gasteiger partial charge on any atom is 0.164 e. The van der Waals surface area contributed by atoms with Crippen LogP contribution >= 0.6 is 11.3 Å². The summed E-state index contributed by atoms with van der Waals surface area (Å²) < 4.78 is 7.41. The van der Waals surface area contributed by atoms with E-state index in [-0.39, 0.29) is 0 Å². The Morgan fingerprint density at radius 3 is 1.49 bits per heavy atom. The molecule has 5 nitrogen and oxygen atoms in total. The molecular weight excluding hydrogens is 715 g/mol. The molecular formula is C51H31N5S. The molecule has 0 N–H and O–H groups in total. The molecule has 0 aliphatic heterocycles. The minimum absolute atomic E-state index is 0.627. The fraction of sp³-hybridized carbons (Fsp3) is 0. The van der Waals surface area contributed by atoms with Gasteiger partial charge in [0.25, 0.3) is 0 Å². The predicted molar refractivity (Wildman–Crippen MR) is 238 cm³/mol. The van der Waals surface area contributed by atoms with Crippen molar-refractivity contribution in [2.24, 2.45) is 0 Å². The summed E-state index contributed by atoms with van der Waals surface area (Å²) in [4.78, 5) is 15.1. The second-order valence-electron chi connectivity index (χ2n) is 14.5. The van der Waals surface area contributed by atoms with Crippen molar-refractivity contribution in [3.8, 4) is 45.5 Å². The topological polar surface area (TPSA) is 48.5 Å². The van der Waals surface area contributed by atoms with Gasteiger partial charge in [-0.25, -0.2) is 15.0 Å². The van der Waals surface area contributed by atoms with Gasteiger partial charge in [-0.3, -0.25) is 0 Å². The first-order valence-corrected chi connectivity index (χ1v) is 19.9. The Kier molecular flexibility index (Phi) is 7.03. The molecule has 0 spiro atoms. The number of nitrogens with zero attached hydrogens (tertiary/aromatic N) is 5. The summed E-state index contributed by atoms with van der Waals surface area (Å²) in [6.07, 6.45) is 0. The third-order valence-corrected chi connectivity index (χ3v) is 12.3. The summed E-state index contributed by atoms with van der Waals surface area (Å²) in [7, 11) is 0. The molecule has 0 saturated heterocycles. The largest absolute Gasteiger partial charge is 0.309 e. The fourth-order valence-corrected chi connectivity index (χ4v) is 9.69. The molecule has 8 aromatic carbocycles. The van der Waals surface area contributed by atoms with Crippen molar-refractivity contribution in [1.29, 1.82) is 0 Å². The Hall–Kier alpha value is -7.41. The molecule has 0 bridgehead atoms. The highest BCUT2D eigenvalue weighted by molar-refractivity contribution is 7.25. The number of rotatable bonds is 5. The van der Waals surface area contributed by atoms with Gasteiger partial charge in [-0.1, -0.05) is 133 Å². The first kappa shape index (κ1) is 31.9. The zero-order valence-electron chi connectivity index (χ0n) is 30.5. The van der Waals surface area contributed by atoms with Crippen LogP contribution < -0.4 is 0 Å². The van der Waals surface area contributed by atoms with Gasteiger partial charge in [0.1, 0.15) is 0 Å². The van der Waals surface area contributed by atoms with Crippen LogP contribution in [0.4, 0.5) is 0 Å². The molecule has 0 fully saturated rings. The average Bonchev–Trinajstić information content (AvgIpc) is 3.93. The number of thiophene rings is 1. The summed E-state index contributed by atoms with van der Waals surface area (Å²) in [6, 6.07) is 66.8. The monoisotopic (exact) mass is 745 g/mol. The molecule has 0 unspecified atom stereocenters. The predicted octanol–water partition coefficient (Wildman–Crippen LogP) is 13.4. The highest BCUT2D eigenvalue weighted by atomic mass is 32.1. The third-order valence-electron chi connectivity index (χ3n) is 11.1. The van der Waals surface area contributed by atoms with E-state index >= 15 is 0 Å².